The molecule has 0 aliphatic rings. The number of rotatable bonds is 6. The molecule has 0 spiro atoms. The van der Waals surface area contributed by atoms with Crippen molar-refractivity contribution in [3.63, 3.8) is 0 Å². The number of anilines is 1. The molecule has 0 radical (unpaired) electrons. The van der Waals surface area contributed by atoms with Crippen molar-refractivity contribution in [2.75, 3.05) is 11.1 Å². The summed E-state index contributed by atoms with van der Waals surface area (Å²) < 4.78 is 14.8. The summed E-state index contributed by atoms with van der Waals surface area (Å²) in [5.74, 6) is -0.625. The van der Waals surface area contributed by atoms with Gasteiger partial charge >= 0.3 is 0 Å². The van der Waals surface area contributed by atoms with Crippen molar-refractivity contribution in [3.05, 3.63) is 64.7 Å². The van der Waals surface area contributed by atoms with Crippen LogP contribution in [0.1, 0.15) is 13.3 Å². The highest BCUT2D eigenvalue weighted by atomic mass is 32.2. The first-order valence-electron chi connectivity index (χ1n) is 8.26. The first kappa shape index (κ1) is 18.1. The number of nitrogens with zero attached hydrogens (tertiary/aromatic N) is 2. The largest absolute Gasteiger partial charge is 0.325 e. The van der Waals surface area contributed by atoms with E-state index in [9.17, 15) is 14.0 Å². The van der Waals surface area contributed by atoms with Gasteiger partial charge in [-0.15, -0.1) is 0 Å². The van der Waals surface area contributed by atoms with Crippen LogP contribution in [0.4, 0.5) is 10.1 Å². The van der Waals surface area contributed by atoms with E-state index in [2.05, 4.69) is 10.3 Å². The Labute approximate surface area is 154 Å². The third-order valence-corrected chi connectivity index (χ3v) is 4.69. The second-order valence-corrected chi connectivity index (χ2v) is 6.66. The number of carbonyl (C=O) groups excluding carboxylic acids is 1. The van der Waals surface area contributed by atoms with Gasteiger partial charge in [0.15, 0.2) is 5.16 Å². The number of para-hydroxylation sites is 1. The molecule has 0 saturated heterocycles. The minimum absolute atomic E-state index is 0.0744. The Hall–Kier alpha value is -2.67. The van der Waals surface area contributed by atoms with Gasteiger partial charge in [-0.2, -0.15) is 0 Å². The van der Waals surface area contributed by atoms with E-state index in [0.29, 0.717) is 28.3 Å². The molecule has 1 heterocycles. The zero-order valence-corrected chi connectivity index (χ0v) is 15.1. The van der Waals surface area contributed by atoms with Gasteiger partial charge in [0.2, 0.25) is 5.91 Å². The summed E-state index contributed by atoms with van der Waals surface area (Å²) in [6.45, 7) is 2.51. The normalized spacial score (nSPS) is 10.8. The highest BCUT2D eigenvalue weighted by molar-refractivity contribution is 7.99. The van der Waals surface area contributed by atoms with Gasteiger partial charge in [-0.3, -0.25) is 14.2 Å². The summed E-state index contributed by atoms with van der Waals surface area (Å²) in [5, 5.41) is 3.71. The van der Waals surface area contributed by atoms with Gasteiger partial charge in [0.25, 0.3) is 5.56 Å². The van der Waals surface area contributed by atoms with Crippen LogP contribution in [-0.2, 0) is 11.3 Å². The van der Waals surface area contributed by atoms with Crippen molar-refractivity contribution >= 4 is 34.3 Å². The van der Waals surface area contributed by atoms with Gasteiger partial charge in [-0.05, 0) is 36.8 Å². The molecular formula is C19H18FN3O2S. The second-order valence-electron chi connectivity index (χ2n) is 5.72. The maximum atomic E-state index is 13.2. The monoisotopic (exact) mass is 371 g/mol. The molecule has 2 aromatic carbocycles. The molecule has 1 N–H and O–H groups in total. The van der Waals surface area contributed by atoms with E-state index in [1.54, 1.807) is 28.8 Å². The van der Waals surface area contributed by atoms with Crippen LogP contribution in [0, 0.1) is 5.82 Å². The van der Waals surface area contributed by atoms with Gasteiger partial charge in [-0.1, -0.05) is 36.9 Å². The standard InChI is InChI=1S/C19H18FN3O2S/c1-2-10-23-18(25)15-8-3-4-9-16(15)22-19(23)26-12-17(24)21-14-7-5-6-13(20)11-14/h3-9,11H,2,10,12H2,1H3,(H,21,24). The Balaban J connectivity index is 1.80. The average molecular weight is 371 g/mol. The third-order valence-electron chi connectivity index (χ3n) is 3.71. The van der Waals surface area contributed by atoms with Gasteiger partial charge in [-0.25, -0.2) is 9.37 Å². The molecule has 0 aliphatic heterocycles. The molecule has 0 fully saturated rings. The maximum absolute atomic E-state index is 13.2. The number of nitrogens with one attached hydrogen (secondary N) is 1. The van der Waals surface area contributed by atoms with Crippen LogP contribution in [0.2, 0.25) is 0 Å². The molecule has 0 atom stereocenters. The first-order chi connectivity index (χ1) is 12.6. The average Bonchev–Trinajstić information content (AvgIpc) is 2.63. The molecule has 26 heavy (non-hydrogen) atoms. The summed E-state index contributed by atoms with van der Waals surface area (Å²) in [7, 11) is 0. The first-order valence-corrected chi connectivity index (χ1v) is 9.25. The molecule has 0 aliphatic carbocycles. The fraction of sp³-hybridized carbons (Fsp3) is 0.211. The van der Waals surface area contributed by atoms with E-state index in [1.165, 1.54) is 30.0 Å². The number of benzene rings is 2. The topological polar surface area (TPSA) is 64.0 Å². The van der Waals surface area contributed by atoms with Crippen LogP contribution < -0.4 is 10.9 Å². The van der Waals surface area contributed by atoms with Crippen LogP contribution in [0.3, 0.4) is 0 Å². The van der Waals surface area contributed by atoms with Crippen LogP contribution >= 0.6 is 11.8 Å². The van der Waals surface area contributed by atoms with Crippen molar-refractivity contribution < 1.29 is 9.18 Å². The number of carbonyl (C=O) groups is 1. The summed E-state index contributed by atoms with van der Waals surface area (Å²) in [6.07, 6.45) is 0.781. The smallest absolute Gasteiger partial charge is 0.262 e. The van der Waals surface area contributed by atoms with Crippen molar-refractivity contribution in [2.24, 2.45) is 0 Å². The lowest BCUT2D eigenvalue weighted by Gasteiger charge is -2.12. The van der Waals surface area contributed by atoms with Crippen LogP contribution in [0.15, 0.2) is 58.5 Å². The lowest BCUT2D eigenvalue weighted by atomic mass is 10.2. The summed E-state index contributed by atoms with van der Waals surface area (Å²) >= 11 is 1.19. The predicted molar refractivity (Wildman–Crippen MR) is 102 cm³/mol. The Bertz CT molecular complexity index is 1000. The van der Waals surface area contributed by atoms with Crippen molar-refractivity contribution in [1.29, 1.82) is 0 Å². The van der Waals surface area contributed by atoms with Crippen molar-refractivity contribution in [1.82, 2.24) is 9.55 Å². The predicted octanol–water partition coefficient (Wildman–Crippen LogP) is 3.68. The molecule has 134 valence electrons. The highest BCUT2D eigenvalue weighted by Crippen LogP contribution is 2.19. The Morgan fingerprint density at radius 2 is 2.04 bits per heavy atom. The third kappa shape index (κ3) is 4.11. The van der Waals surface area contributed by atoms with E-state index in [1.807, 2.05) is 13.0 Å². The van der Waals surface area contributed by atoms with E-state index in [4.69, 9.17) is 0 Å². The number of aromatic nitrogens is 2. The number of amides is 1. The number of fused-ring (bicyclic) bond motifs is 1. The van der Waals surface area contributed by atoms with E-state index in [-0.39, 0.29) is 17.2 Å². The molecular weight excluding hydrogens is 353 g/mol. The van der Waals surface area contributed by atoms with E-state index >= 15 is 0 Å². The fourth-order valence-electron chi connectivity index (χ4n) is 2.57. The number of halogens is 1. The minimum atomic E-state index is -0.413. The molecule has 1 amide bonds. The van der Waals surface area contributed by atoms with E-state index < -0.39 is 5.82 Å². The molecule has 1 aromatic heterocycles. The molecule has 5 nitrogen and oxygen atoms in total. The second kappa shape index (κ2) is 8.14. The van der Waals surface area contributed by atoms with Gasteiger partial charge < -0.3 is 5.32 Å². The van der Waals surface area contributed by atoms with Gasteiger partial charge in [0.1, 0.15) is 5.82 Å². The van der Waals surface area contributed by atoms with Crippen molar-refractivity contribution in [2.45, 2.75) is 25.0 Å². The molecule has 3 aromatic rings. The summed E-state index contributed by atoms with van der Waals surface area (Å²) in [5.41, 5.74) is 0.899. The molecule has 3 rings (SSSR count). The Kier molecular flexibility index (Phi) is 5.68. The molecule has 0 saturated carbocycles. The molecule has 0 bridgehead atoms. The minimum Gasteiger partial charge on any atom is -0.325 e. The summed E-state index contributed by atoms with van der Waals surface area (Å²) in [6, 6.07) is 12.9. The Morgan fingerprint density at radius 3 is 2.81 bits per heavy atom. The van der Waals surface area contributed by atoms with Crippen LogP contribution in [0.25, 0.3) is 10.9 Å². The van der Waals surface area contributed by atoms with Crippen LogP contribution in [0.5, 0.6) is 0 Å². The number of thioether (sulfide) groups is 1. The number of hydrogen-bond acceptors (Lipinski definition) is 4. The lowest BCUT2D eigenvalue weighted by Crippen LogP contribution is -2.24. The maximum Gasteiger partial charge on any atom is 0.262 e. The van der Waals surface area contributed by atoms with E-state index in [0.717, 1.165) is 6.42 Å². The SMILES string of the molecule is CCCn1c(SCC(=O)Nc2cccc(F)c2)nc2ccccc2c1=O. The zero-order valence-electron chi connectivity index (χ0n) is 14.2. The van der Waals surface area contributed by atoms with Crippen molar-refractivity contribution in [3.8, 4) is 0 Å². The highest BCUT2D eigenvalue weighted by Gasteiger charge is 2.13. The molecule has 0 unspecified atom stereocenters. The molecule has 7 heteroatoms. The lowest BCUT2D eigenvalue weighted by molar-refractivity contribution is -0.113. The van der Waals surface area contributed by atoms with Gasteiger partial charge in [0.05, 0.1) is 16.7 Å². The fourth-order valence-corrected chi connectivity index (χ4v) is 3.40. The Morgan fingerprint density at radius 1 is 1.23 bits per heavy atom. The summed E-state index contributed by atoms with van der Waals surface area (Å²) in [4.78, 5) is 29.4. The van der Waals surface area contributed by atoms with Crippen LogP contribution in [-0.4, -0.2) is 21.2 Å². The zero-order chi connectivity index (χ0) is 18.5. The number of hydrogen-bond donors (Lipinski definition) is 1. The quantitative estimate of drug-likeness (QED) is 0.530. The van der Waals surface area contributed by atoms with Gasteiger partial charge in [0, 0.05) is 12.2 Å².